The number of H-pyrrole nitrogens is 5. The average Bonchev–Trinajstić information content (AvgIpc) is 3.62. The third-order valence-electron chi connectivity index (χ3n) is 8.57. The molecule has 0 aliphatic heterocycles. The zero-order valence-electron chi connectivity index (χ0n) is 32.8. The van der Waals surface area contributed by atoms with Crippen molar-refractivity contribution < 1.29 is 13.2 Å². The van der Waals surface area contributed by atoms with Crippen LogP contribution in [0.1, 0.15) is 174 Å². The van der Waals surface area contributed by atoms with E-state index in [-0.39, 0.29) is 5.92 Å². The fourth-order valence-corrected chi connectivity index (χ4v) is 4.89. The van der Waals surface area contributed by atoms with Gasteiger partial charge in [0.25, 0.3) is 0 Å². The molecule has 5 aromatic heterocycles. The summed E-state index contributed by atoms with van der Waals surface area (Å²) in [7, 11) is 0. The standard InChI is InChI=1S/C10H15N.C8H10F3N.3C8H13N/c1-7(2)9-5-10(11-6-9)8-3-4-8;1-5(2)7-3-6(4-12-7)8(9,10)11;2*1-6(2)8-4-7(3)9-5-8;1-6(2)8-4-7(3)5-9-8/h5-8,11H,3-4H2,1-2H3;3-5,12H,1-2H3;3*4-6,9H,1-3H3. The molecule has 0 spiro atoms. The Balaban J connectivity index is 0.000000218. The second-order valence-corrected chi connectivity index (χ2v) is 15.1. The van der Waals surface area contributed by atoms with Gasteiger partial charge >= 0.3 is 6.18 Å². The van der Waals surface area contributed by atoms with E-state index < -0.39 is 11.7 Å². The highest BCUT2D eigenvalue weighted by atomic mass is 19.4. The molecule has 0 aromatic carbocycles. The second-order valence-electron chi connectivity index (χ2n) is 15.1. The zero-order valence-corrected chi connectivity index (χ0v) is 32.8. The minimum atomic E-state index is -4.23. The molecule has 0 saturated heterocycles. The van der Waals surface area contributed by atoms with E-state index in [9.17, 15) is 13.2 Å². The lowest BCUT2D eigenvalue weighted by molar-refractivity contribution is -0.137. The molecule has 0 bridgehead atoms. The van der Waals surface area contributed by atoms with Crippen molar-refractivity contribution in [3.05, 3.63) is 118 Å². The number of hydrogen-bond acceptors (Lipinski definition) is 0. The molecule has 1 aliphatic carbocycles. The summed E-state index contributed by atoms with van der Waals surface area (Å²) >= 11 is 0. The molecular weight excluding hydrogens is 631 g/mol. The largest absolute Gasteiger partial charge is 0.417 e. The van der Waals surface area contributed by atoms with Gasteiger partial charge < -0.3 is 24.9 Å². The first kappa shape index (κ1) is 42.4. The van der Waals surface area contributed by atoms with Gasteiger partial charge in [-0.1, -0.05) is 69.2 Å². The molecule has 1 saturated carbocycles. The van der Waals surface area contributed by atoms with Crippen LogP contribution < -0.4 is 0 Å². The molecule has 6 rings (SSSR count). The van der Waals surface area contributed by atoms with E-state index in [1.165, 1.54) is 57.9 Å². The van der Waals surface area contributed by atoms with Crippen molar-refractivity contribution in [3.63, 3.8) is 0 Å². The maximum absolute atomic E-state index is 12.0. The van der Waals surface area contributed by atoms with Crippen LogP contribution in [0, 0.1) is 20.8 Å². The number of alkyl halides is 3. The van der Waals surface area contributed by atoms with E-state index in [1.54, 1.807) is 0 Å². The Bertz CT molecular complexity index is 1510. The monoisotopic (exact) mass is 696 g/mol. The van der Waals surface area contributed by atoms with Gasteiger partial charge in [0.2, 0.25) is 0 Å². The van der Waals surface area contributed by atoms with Gasteiger partial charge in [-0.2, -0.15) is 13.2 Å². The molecule has 8 heteroatoms. The van der Waals surface area contributed by atoms with E-state index in [0.29, 0.717) is 29.4 Å². The number of aromatic amines is 5. The number of halogens is 3. The Kier molecular flexibility index (Phi) is 16.6. The number of rotatable bonds is 6. The summed E-state index contributed by atoms with van der Waals surface area (Å²) in [5.41, 5.74) is 10.8. The fourth-order valence-electron chi connectivity index (χ4n) is 4.89. The Hall–Kier alpha value is -3.81. The maximum Gasteiger partial charge on any atom is 0.417 e. The SMILES string of the molecule is CC(C)c1c[nH]c(C2CC2)c1.CC(C)c1cc(C(F)(F)F)c[nH]1.Cc1c[nH]c(C(C)C)c1.Cc1cc(C(C)C)c[nH]1.Cc1cc(C(C)C)c[nH]1. The molecule has 0 radical (unpaired) electrons. The van der Waals surface area contributed by atoms with E-state index in [2.05, 4.69) is 144 Å². The van der Waals surface area contributed by atoms with Crippen molar-refractivity contribution in [1.82, 2.24) is 24.9 Å². The molecule has 5 nitrogen and oxygen atoms in total. The summed E-state index contributed by atoms with van der Waals surface area (Å²) in [6.45, 7) is 27.6. The molecule has 0 unspecified atom stereocenters. The highest BCUT2D eigenvalue weighted by Gasteiger charge is 2.31. The highest BCUT2D eigenvalue weighted by Crippen LogP contribution is 2.40. The molecule has 1 aliphatic rings. The number of aryl methyl sites for hydroxylation is 3. The normalized spacial score (nSPS) is 12.7. The summed E-state index contributed by atoms with van der Waals surface area (Å²) < 4.78 is 36.1. The second kappa shape index (κ2) is 19.5. The van der Waals surface area contributed by atoms with Gasteiger partial charge in [-0.3, -0.25) is 0 Å². The lowest BCUT2D eigenvalue weighted by atomic mass is 10.1. The van der Waals surface area contributed by atoms with Crippen molar-refractivity contribution in [2.75, 3.05) is 0 Å². The summed E-state index contributed by atoms with van der Waals surface area (Å²) in [6.07, 6.45) is 7.86. The van der Waals surface area contributed by atoms with Crippen molar-refractivity contribution in [1.29, 1.82) is 0 Å². The maximum atomic E-state index is 12.0. The first-order chi connectivity index (χ1) is 23.3. The first-order valence-corrected chi connectivity index (χ1v) is 18.2. The van der Waals surface area contributed by atoms with Gasteiger partial charge in [0, 0.05) is 59.5 Å². The van der Waals surface area contributed by atoms with Crippen molar-refractivity contribution in [2.45, 2.75) is 145 Å². The van der Waals surface area contributed by atoms with Crippen LogP contribution in [0.15, 0.2) is 61.3 Å². The van der Waals surface area contributed by atoms with Gasteiger partial charge in [0.1, 0.15) is 0 Å². The molecular formula is C42H64F3N5. The molecule has 5 N–H and O–H groups in total. The lowest BCUT2D eigenvalue weighted by Gasteiger charge is -2.01. The Morgan fingerprint density at radius 3 is 1.16 bits per heavy atom. The molecule has 0 atom stereocenters. The molecule has 5 heterocycles. The van der Waals surface area contributed by atoms with Crippen LogP contribution in [0.5, 0.6) is 0 Å². The van der Waals surface area contributed by atoms with Gasteiger partial charge in [-0.15, -0.1) is 0 Å². The van der Waals surface area contributed by atoms with E-state index in [1.807, 2.05) is 20.0 Å². The van der Waals surface area contributed by atoms with Crippen molar-refractivity contribution >= 4 is 0 Å². The quantitative estimate of drug-likeness (QED) is 0.117. The summed E-state index contributed by atoms with van der Waals surface area (Å²) in [5, 5.41) is 0. The van der Waals surface area contributed by atoms with Gasteiger partial charge in [-0.25, -0.2) is 0 Å². The van der Waals surface area contributed by atoms with Crippen LogP contribution in [0.2, 0.25) is 0 Å². The van der Waals surface area contributed by atoms with Crippen molar-refractivity contribution in [2.24, 2.45) is 0 Å². The number of hydrogen-bond donors (Lipinski definition) is 5. The van der Waals surface area contributed by atoms with Crippen LogP contribution in [-0.2, 0) is 6.18 Å². The van der Waals surface area contributed by atoms with Crippen LogP contribution in [0.25, 0.3) is 0 Å². The zero-order chi connectivity index (χ0) is 37.8. The van der Waals surface area contributed by atoms with Gasteiger partial charge in [0.15, 0.2) is 0 Å². The molecule has 50 heavy (non-hydrogen) atoms. The smallest absolute Gasteiger partial charge is 0.365 e. The van der Waals surface area contributed by atoms with E-state index in [0.717, 1.165) is 18.2 Å². The molecule has 1 fully saturated rings. The fraction of sp³-hybridized carbons (Fsp3) is 0.524. The summed E-state index contributed by atoms with van der Waals surface area (Å²) in [4.78, 5) is 15.4. The van der Waals surface area contributed by atoms with Crippen LogP contribution in [0.4, 0.5) is 13.2 Å². The molecule has 5 aromatic rings. The number of nitrogens with one attached hydrogen (secondary N) is 5. The van der Waals surface area contributed by atoms with Crippen LogP contribution in [-0.4, -0.2) is 24.9 Å². The predicted molar refractivity (Wildman–Crippen MR) is 206 cm³/mol. The minimum absolute atomic E-state index is 0.0982. The van der Waals surface area contributed by atoms with E-state index in [4.69, 9.17) is 0 Å². The Labute approximate surface area is 299 Å². The van der Waals surface area contributed by atoms with Crippen LogP contribution in [0.3, 0.4) is 0 Å². The number of aromatic nitrogens is 5. The third kappa shape index (κ3) is 15.0. The van der Waals surface area contributed by atoms with Gasteiger partial charge in [0.05, 0.1) is 5.56 Å². The Morgan fingerprint density at radius 2 is 0.920 bits per heavy atom. The van der Waals surface area contributed by atoms with Crippen molar-refractivity contribution in [3.8, 4) is 0 Å². The summed E-state index contributed by atoms with van der Waals surface area (Å²) in [6, 6.07) is 10.0. The molecule has 278 valence electrons. The summed E-state index contributed by atoms with van der Waals surface area (Å²) in [5.74, 6) is 3.55. The predicted octanol–water partition coefficient (Wildman–Crippen LogP) is 13.5. The first-order valence-electron chi connectivity index (χ1n) is 18.2. The van der Waals surface area contributed by atoms with Crippen LogP contribution >= 0.6 is 0 Å². The highest BCUT2D eigenvalue weighted by molar-refractivity contribution is 5.25. The Morgan fingerprint density at radius 1 is 0.500 bits per heavy atom. The van der Waals surface area contributed by atoms with E-state index >= 15 is 0 Å². The molecule has 0 amide bonds. The third-order valence-corrected chi connectivity index (χ3v) is 8.57. The average molecular weight is 696 g/mol. The topological polar surface area (TPSA) is 78.9 Å². The minimum Gasteiger partial charge on any atom is -0.365 e. The lowest BCUT2D eigenvalue weighted by Crippen LogP contribution is -2.02. The van der Waals surface area contributed by atoms with Gasteiger partial charge in [-0.05, 0) is 122 Å².